The number of ether oxygens (including phenoxy) is 1. The summed E-state index contributed by atoms with van der Waals surface area (Å²) in [5, 5.41) is 13.2. The molecule has 1 fully saturated rings. The van der Waals surface area contributed by atoms with Crippen LogP contribution in [0.3, 0.4) is 0 Å². The van der Waals surface area contributed by atoms with E-state index in [2.05, 4.69) is 5.10 Å². The lowest BCUT2D eigenvalue weighted by Crippen LogP contribution is -2.41. The maximum Gasteiger partial charge on any atom is 0.274 e. The highest BCUT2D eigenvalue weighted by atomic mass is 16.5. The van der Waals surface area contributed by atoms with Gasteiger partial charge in [-0.3, -0.25) is 4.79 Å². The molecule has 128 valence electrons. The Kier molecular flexibility index (Phi) is 5.61. The van der Waals surface area contributed by atoms with Gasteiger partial charge in [0, 0.05) is 32.5 Å². The Morgan fingerprint density at radius 3 is 2.67 bits per heavy atom. The van der Waals surface area contributed by atoms with Crippen LogP contribution in [0.1, 0.15) is 29.8 Å². The van der Waals surface area contributed by atoms with Crippen molar-refractivity contribution < 1.29 is 14.6 Å². The quantitative estimate of drug-likeness (QED) is 0.822. The van der Waals surface area contributed by atoms with Gasteiger partial charge in [-0.1, -0.05) is 18.2 Å². The molecule has 1 amide bonds. The maximum atomic E-state index is 12.6. The van der Waals surface area contributed by atoms with Gasteiger partial charge in [0.05, 0.1) is 11.8 Å². The Bertz CT molecular complexity index is 649. The van der Waals surface area contributed by atoms with Gasteiger partial charge in [0.15, 0.2) is 5.69 Å². The topological polar surface area (TPSA) is 67.6 Å². The molecule has 0 saturated carbocycles. The summed E-state index contributed by atoms with van der Waals surface area (Å²) >= 11 is 0. The van der Waals surface area contributed by atoms with Crippen molar-refractivity contribution in [3.8, 4) is 5.69 Å². The standard InChI is InChI=1S/C18H23N3O3/c22-13-4-14-24-16-7-10-20(11-8-16)18(23)17-9-12-21(19-17)15-5-2-1-3-6-15/h1-3,5-6,9,12,16,22H,4,7-8,10-11,13-14H2. The fraction of sp³-hybridized carbons (Fsp3) is 0.444. The van der Waals surface area contributed by atoms with Gasteiger partial charge in [0.25, 0.3) is 5.91 Å². The Balaban J connectivity index is 1.55. The van der Waals surface area contributed by atoms with Crippen LogP contribution in [0.25, 0.3) is 5.69 Å². The highest BCUT2D eigenvalue weighted by Gasteiger charge is 2.25. The molecule has 1 saturated heterocycles. The number of aliphatic hydroxyl groups excluding tert-OH is 1. The second-order valence-corrected chi connectivity index (χ2v) is 5.92. The molecule has 0 spiro atoms. The largest absolute Gasteiger partial charge is 0.396 e. The SMILES string of the molecule is O=C(c1ccn(-c2ccccc2)n1)N1CCC(OCCCO)CC1. The summed E-state index contributed by atoms with van der Waals surface area (Å²) in [5.41, 5.74) is 1.41. The number of piperidine rings is 1. The monoisotopic (exact) mass is 329 g/mol. The molecular weight excluding hydrogens is 306 g/mol. The van der Waals surface area contributed by atoms with Gasteiger partial charge in [-0.2, -0.15) is 5.10 Å². The molecule has 1 aliphatic heterocycles. The highest BCUT2D eigenvalue weighted by Crippen LogP contribution is 2.16. The predicted molar refractivity (Wildman–Crippen MR) is 90.1 cm³/mol. The van der Waals surface area contributed by atoms with E-state index in [9.17, 15) is 4.79 Å². The molecule has 1 aromatic carbocycles. The first-order valence-electron chi connectivity index (χ1n) is 8.41. The zero-order valence-corrected chi connectivity index (χ0v) is 13.7. The van der Waals surface area contributed by atoms with Crippen molar-refractivity contribution in [3.05, 3.63) is 48.3 Å². The number of para-hydroxylation sites is 1. The molecule has 0 atom stereocenters. The van der Waals surface area contributed by atoms with E-state index < -0.39 is 0 Å². The summed E-state index contributed by atoms with van der Waals surface area (Å²) in [6.07, 6.45) is 4.32. The Morgan fingerprint density at radius 2 is 1.96 bits per heavy atom. The summed E-state index contributed by atoms with van der Waals surface area (Å²) in [6, 6.07) is 11.5. The zero-order valence-electron chi connectivity index (χ0n) is 13.7. The van der Waals surface area contributed by atoms with Crippen LogP contribution in [0, 0.1) is 0 Å². The van der Waals surface area contributed by atoms with Crippen LogP contribution in [-0.2, 0) is 4.74 Å². The van der Waals surface area contributed by atoms with Crippen LogP contribution < -0.4 is 0 Å². The number of hydrogen-bond donors (Lipinski definition) is 1. The number of benzene rings is 1. The van der Waals surface area contributed by atoms with E-state index in [-0.39, 0.29) is 18.6 Å². The summed E-state index contributed by atoms with van der Waals surface area (Å²) in [4.78, 5) is 14.4. The number of rotatable bonds is 6. The summed E-state index contributed by atoms with van der Waals surface area (Å²) in [6.45, 7) is 2.10. The van der Waals surface area contributed by atoms with Crippen molar-refractivity contribution in [3.63, 3.8) is 0 Å². The number of aliphatic hydroxyl groups is 1. The third-order valence-electron chi connectivity index (χ3n) is 4.21. The molecule has 1 aromatic heterocycles. The zero-order chi connectivity index (χ0) is 16.8. The van der Waals surface area contributed by atoms with E-state index in [1.807, 2.05) is 41.4 Å². The summed E-state index contributed by atoms with van der Waals surface area (Å²) < 4.78 is 7.42. The Labute approximate surface area is 141 Å². The molecule has 1 N–H and O–H groups in total. The number of amides is 1. The van der Waals surface area contributed by atoms with Crippen molar-refractivity contribution in [1.29, 1.82) is 0 Å². The van der Waals surface area contributed by atoms with E-state index in [0.29, 0.717) is 31.8 Å². The van der Waals surface area contributed by atoms with E-state index in [4.69, 9.17) is 9.84 Å². The van der Waals surface area contributed by atoms with Crippen LogP contribution in [0.15, 0.2) is 42.6 Å². The van der Waals surface area contributed by atoms with E-state index in [0.717, 1.165) is 18.5 Å². The first-order chi connectivity index (χ1) is 11.8. The molecule has 24 heavy (non-hydrogen) atoms. The van der Waals surface area contributed by atoms with Gasteiger partial charge in [-0.05, 0) is 37.5 Å². The molecule has 6 heteroatoms. The minimum absolute atomic E-state index is 0.0292. The van der Waals surface area contributed by atoms with Gasteiger partial charge in [-0.25, -0.2) is 4.68 Å². The average molecular weight is 329 g/mol. The number of hydrogen-bond acceptors (Lipinski definition) is 4. The lowest BCUT2D eigenvalue weighted by Gasteiger charge is -2.31. The lowest BCUT2D eigenvalue weighted by atomic mass is 10.1. The molecule has 2 aromatic rings. The Hall–Kier alpha value is -2.18. The minimum Gasteiger partial charge on any atom is -0.396 e. The van der Waals surface area contributed by atoms with Crippen molar-refractivity contribution in [2.24, 2.45) is 0 Å². The number of carbonyl (C=O) groups is 1. The molecule has 0 aliphatic carbocycles. The molecular formula is C18H23N3O3. The van der Waals surface area contributed by atoms with Crippen molar-refractivity contribution in [2.45, 2.75) is 25.4 Å². The molecule has 0 unspecified atom stereocenters. The van der Waals surface area contributed by atoms with Crippen LogP contribution in [0.4, 0.5) is 0 Å². The molecule has 3 rings (SSSR count). The Morgan fingerprint density at radius 1 is 1.21 bits per heavy atom. The van der Waals surface area contributed by atoms with Crippen molar-refractivity contribution >= 4 is 5.91 Å². The molecule has 2 heterocycles. The fourth-order valence-electron chi connectivity index (χ4n) is 2.86. The van der Waals surface area contributed by atoms with E-state index in [1.54, 1.807) is 10.7 Å². The number of likely N-dealkylation sites (tertiary alicyclic amines) is 1. The molecule has 0 bridgehead atoms. The van der Waals surface area contributed by atoms with Crippen LogP contribution in [-0.4, -0.2) is 58.1 Å². The molecule has 1 aliphatic rings. The number of aromatic nitrogens is 2. The lowest BCUT2D eigenvalue weighted by molar-refractivity contribution is 0.00383. The number of nitrogens with zero attached hydrogens (tertiary/aromatic N) is 3. The van der Waals surface area contributed by atoms with Gasteiger partial charge < -0.3 is 14.7 Å². The smallest absolute Gasteiger partial charge is 0.274 e. The molecule has 0 radical (unpaired) electrons. The molecule has 6 nitrogen and oxygen atoms in total. The third-order valence-corrected chi connectivity index (χ3v) is 4.21. The first kappa shape index (κ1) is 16.7. The van der Waals surface area contributed by atoms with Gasteiger partial charge in [0.2, 0.25) is 0 Å². The van der Waals surface area contributed by atoms with Crippen LogP contribution >= 0.6 is 0 Å². The first-order valence-corrected chi connectivity index (χ1v) is 8.41. The van der Waals surface area contributed by atoms with Crippen molar-refractivity contribution in [2.75, 3.05) is 26.3 Å². The second kappa shape index (κ2) is 8.08. The second-order valence-electron chi connectivity index (χ2n) is 5.92. The van der Waals surface area contributed by atoms with Gasteiger partial charge in [-0.15, -0.1) is 0 Å². The van der Waals surface area contributed by atoms with E-state index >= 15 is 0 Å². The highest BCUT2D eigenvalue weighted by molar-refractivity contribution is 5.92. The van der Waals surface area contributed by atoms with Gasteiger partial charge in [0.1, 0.15) is 0 Å². The average Bonchev–Trinajstić information content (AvgIpc) is 3.13. The van der Waals surface area contributed by atoms with E-state index in [1.165, 1.54) is 0 Å². The fourth-order valence-corrected chi connectivity index (χ4v) is 2.86. The van der Waals surface area contributed by atoms with Crippen molar-refractivity contribution in [1.82, 2.24) is 14.7 Å². The normalized spacial score (nSPS) is 15.6. The predicted octanol–water partition coefficient (Wildman–Crippen LogP) is 1.88. The van der Waals surface area contributed by atoms with Gasteiger partial charge >= 0.3 is 0 Å². The summed E-state index contributed by atoms with van der Waals surface area (Å²) in [7, 11) is 0. The third kappa shape index (κ3) is 4.01. The number of carbonyl (C=O) groups excluding carboxylic acids is 1. The minimum atomic E-state index is -0.0292. The van der Waals surface area contributed by atoms with Crippen LogP contribution in [0.2, 0.25) is 0 Å². The maximum absolute atomic E-state index is 12.6. The summed E-state index contributed by atoms with van der Waals surface area (Å²) in [5.74, 6) is -0.0292. The van der Waals surface area contributed by atoms with Crippen LogP contribution in [0.5, 0.6) is 0 Å².